The molecule has 0 radical (unpaired) electrons. The molecule has 1 aromatic heterocycles. The van der Waals surface area contributed by atoms with Crippen LogP contribution in [0.25, 0.3) is 11.1 Å². The third-order valence-electron chi connectivity index (χ3n) is 1.70. The Morgan fingerprint density at radius 2 is 2.33 bits per heavy atom. The number of hydrogen-bond donors (Lipinski definition) is 0. The Morgan fingerprint density at radius 3 is 3.08 bits per heavy atom. The monoisotopic (exact) mass is 181 g/mol. The highest BCUT2D eigenvalue weighted by atomic mass is 35.5. The van der Waals surface area contributed by atoms with Crippen LogP contribution in [0.1, 0.15) is 12.8 Å². The van der Waals surface area contributed by atoms with Crippen LogP contribution < -0.4 is 0 Å². The van der Waals surface area contributed by atoms with E-state index in [4.69, 9.17) is 16.0 Å². The summed E-state index contributed by atoms with van der Waals surface area (Å²) in [7, 11) is 0. The molecular weight excluding hydrogens is 174 g/mol. The van der Waals surface area contributed by atoms with Gasteiger partial charge in [0.1, 0.15) is 5.52 Å². The van der Waals surface area contributed by atoms with Crippen molar-refractivity contribution in [3.63, 3.8) is 0 Å². The average molecular weight is 182 g/mol. The zero-order valence-electron chi connectivity index (χ0n) is 6.67. The molecule has 0 fully saturated rings. The molecule has 3 heteroatoms. The van der Waals surface area contributed by atoms with Gasteiger partial charge in [-0.15, -0.1) is 0 Å². The first-order valence-corrected chi connectivity index (χ1v) is 4.22. The number of nitrogens with zero attached hydrogens (tertiary/aromatic N) is 1. The minimum atomic E-state index is 0.693. The van der Waals surface area contributed by atoms with Crippen molar-refractivity contribution in [2.45, 2.75) is 13.3 Å². The van der Waals surface area contributed by atoms with Crippen LogP contribution >= 0.6 is 11.6 Å². The molecule has 62 valence electrons. The average Bonchev–Trinajstić information content (AvgIpc) is 2.46. The summed E-state index contributed by atoms with van der Waals surface area (Å²) in [4.78, 5) is 4.24. The molecule has 0 aliphatic heterocycles. The zero-order chi connectivity index (χ0) is 8.55. The van der Waals surface area contributed by atoms with Gasteiger partial charge in [-0.2, -0.15) is 0 Å². The standard InChI is InChI=1S/C9H8ClNO/c1-2-9-11-7-5-6(10)3-4-8(7)12-9/h3-5H,2H2,1H3. The van der Waals surface area contributed by atoms with Crippen LogP contribution in [-0.4, -0.2) is 4.98 Å². The molecule has 0 bridgehead atoms. The number of aryl methyl sites for hydroxylation is 1. The van der Waals surface area contributed by atoms with Gasteiger partial charge < -0.3 is 4.42 Å². The summed E-state index contributed by atoms with van der Waals surface area (Å²) in [6.07, 6.45) is 0.812. The largest absolute Gasteiger partial charge is 0.441 e. The Bertz CT molecular complexity index is 408. The van der Waals surface area contributed by atoms with Crippen LogP contribution in [0, 0.1) is 0 Å². The molecule has 0 spiro atoms. The van der Waals surface area contributed by atoms with Gasteiger partial charge in [0.25, 0.3) is 0 Å². The topological polar surface area (TPSA) is 26.0 Å². The number of rotatable bonds is 1. The highest BCUT2D eigenvalue weighted by Crippen LogP contribution is 2.19. The lowest BCUT2D eigenvalue weighted by Crippen LogP contribution is -1.75. The molecule has 0 atom stereocenters. The van der Waals surface area contributed by atoms with Crippen LogP contribution in [0.2, 0.25) is 5.02 Å². The fraction of sp³-hybridized carbons (Fsp3) is 0.222. The second kappa shape index (κ2) is 2.79. The Kier molecular flexibility index (Phi) is 1.77. The van der Waals surface area contributed by atoms with Gasteiger partial charge in [-0.25, -0.2) is 4.98 Å². The molecule has 0 unspecified atom stereocenters. The van der Waals surface area contributed by atoms with Gasteiger partial charge in [-0.05, 0) is 18.2 Å². The number of fused-ring (bicyclic) bond motifs is 1. The maximum Gasteiger partial charge on any atom is 0.195 e. The minimum Gasteiger partial charge on any atom is -0.441 e. The summed E-state index contributed by atoms with van der Waals surface area (Å²) in [5, 5.41) is 0.693. The van der Waals surface area contributed by atoms with E-state index < -0.39 is 0 Å². The van der Waals surface area contributed by atoms with Crippen molar-refractivity contribution in [3.05, 3.63) is 29.1 Å². The van der Waals surface area contributed by atoms with Crippen LogP contribution in [-0.2, 0) is 6.42 Å². The predicted molar refractivity (Wildman–Crippen MR) is 48.4 cm³/mol. The molecule has 1 heterocycles. The lowest BCUT2D eigenvalue weighted by molar-refractivity contribution is 0.538. The summed E-state index contributed by atoms with van der Waals surface area (Å²) in [6, 6.07) is 5.44. The van der Waals surface area contributed by atoms with Crippen LogP contribution in [0.5, 0.6) is 0 Å². The Balaban J connectivity index is 2.67. The third kappa shape index (κ3) is 1.18. The van der Waals surface area contributed by atoms with E-state index in [1.54, 1.807) is 12.1 Å². The van der Waals surface area contributed by atoms with Crippen molar-refractivity contribution in [3.8, 4) is 0 Å². The molecule has 0 amide bonds. The van der Waals surface area contributed by atoms with Gasteiger partial charge in [0.15, 0.2) is 11.5 Å². The minimum absolute atomic E-state index is 0.693. The Hall–Kier alpha value is -1.02. The van der Waals surface area contributed by atoms with E-state index in [0.717, 1.165) is 23.4 Å². The Morgan fingerprint density at radius 1 is 1.50 bits per heavy atom. The summed E-state index contributed by atoms with van der Waals surface area (Å²) < 4.78 is 5.40. The van der Waals surface area contributed by atoms with Crippen LogP contribution in [0.3, 0.4) is 0 Å². The van der Waals surface area contributed by atoms with E-state index in [1.165, 1.54) is 0 Å². The van der Waals surface area contributed by atoms with E-state index in [9.17, 15) is 0 Å². The molecule has 12 heavy (non-hydrogen) atoms. The normalized spacial score (nSPS) is 10.8. The maximum absolute atomic E-state index is 5.79. The first-order chi connectivity index (χ1) is 5.79. The highest BCUT2D eigenvalue weighted by Gasteiger charge is 2.02. The number of hydrogen-bond acceptors (Lipinski definition) is 2. The van der Waals surface area contributed by atoms with Crippen molar-refractivity contribution in [2.24, 2.45) is 0 Å². The predicted octanol–water partition coefficient (Wildman–Crippen LogP) is 3.04. The van der Waals surface area contributed by atoms with Crippen molar-refractivity contribution in [1.82, 2.24) is 4.98 Å². The SMILES string of the molecule is CCc1nc2cc(Cl)ccc2o1. The van der Waals surface area contributed by atoms with E-state index in [2.05, 4.69) is 4.98 Å². The fourth-order valence-corrected chi connectivity index (χ4v) is 1.27. The molecule has 0 N–H and O–H groups in total. The fourth-order valence-electron chi connectivity index (χ4n) is 1.10. The molecule has 0 aliphatic carbocycles. The third-order valence-corrected chi connectivity index (χ3v) is 1.93. The van der Waals surface area contributed by atoms with Crippen molar-refractivity contribution >= 4 is 22.7 Å². The summed E-state index contributed by atoms with van der Waals surface area (Å²) in [5.41, 5.74) is 1.63. The second-order valence-corrected chi connectivity index (χ2v) is 3.01. The van der Waals surface area contributed by atoms with E-state index >= 15 is 0 Å². The molecular formula is C9H8ClNO. The quantitative estimate of drug-likeness (QED) is 0.676. The molecule has 1 aromatic carbocycles. The van der Waals surface area contributed by atoms with Gasteiger partial charge in [0, 0.05) is 11.4 Å². The highest BCUT2D eigenvalue weighted by molar-refractivity contribution is 6.31. The summed E-state index contributed by atoms with van der Waals surface area (Å²) in [6.45, 7) is 2.01. The van der Waals surface area contributed by atoms with Gasteiger partial charge >= 0.3 is 0 Å². The van der Waals surface area contributed by atoms with Gasteiger partial charge in [0.2, 0.25) is 0 Å². The Labute approximate surface area is 75.2 Å². The van der Waals surface area contributed by atoms with Crippen molar-refractivity contribution in [1.29, 1.82) is 0 Å². The number of halogens is 1. The van der Waals surface area contributed by atoms with Crippen LogP contribution in [0.15, 0.2) is 22.6 Å². The van der Waals surface area contributed by atoms with Crippen molar-refractivity contribution < 1.29 is 4.42 Å². The molecule has 2 aromatic rings. The van der Waals surface area contributed by atoms with Gasteiger partial charge in [-0.1, -0.05) is 18.5 Å². The van der Waals surface area contributed by atoms with E-state index in [-0.39, 0.29) is 0 Å². The lowest BCUT2D eigenvalue weighted by Gasteiger charge is -1.85. The molecule has 0 saturated heterocycles. The molecule has 0 aliphatic rings. The lowest BCUT2D eigenvalue weighted by atomic mass is 10.3. The second-order valence-electron chi connectivity index (χ2n) is 2.57. The summed E-state index contributed by atoms with van der Waals surface area (Å²) in [5.74, 6) is 0.757. The molecule has 2 nitrogen and oxygen atoms in total. The maximum atomic E-state index is 5.79. The molecule has 0 saturated carbocycles. The number of aromatic nitrogens is 1. The zero-order valence-corrected chi connectivity index (χ0v) is 7.43. The first-order valence-electron chi connectivity index (χ1n) is 3.84. The van der Waals surface area contributed by atoms with E-state index in [1.807, 2.05) is 13.0 Å². The summed E-state index contributed by atoms with van der Waals surface area (Å²) >= 11 is 5.79. The van der Waals surface area contributed by atoms with Crippen molar-refractivity contribution in [2.75, 3.05) is 0 Å². The van der Waals surface area contributed by atoms with Gasteiger partial charge in [0.05, 0.1) is 0 Å². The van der Waals surface area contributed by atoms with Crippen LogP contribution in [0.4, 0.5) is 0 Å². The molecule has 2 rings (SSSR count). The van der Waals surface area contributed by atoms with E-state index in [0.29, 0.717) is 5.02 Å². The first kappa shape index (κ1) is 7.62. The van der Waals surface area contributed by atoms with Gasteiger partial charge in [-0.3, -0.25) is 0 Å². The number of benzene rings is 1. The smallest absolute Gasteiger partial charge is 0.195 e. The number of oxazole rings is 1.